The Hall–Kier alpha value is -1.25. The number of alkyl halides is 2. The van der Waals surface area contributed by atoms with Crippen LogP contribution in [-0.4, -0.2) is 5.71 Å². The van der Waals surface area contributed by atoms with Crippen LogP contribution in [0, 0.1) is 5.41 Å². The number of hydrogen-bond acceptors (Lipinski definition) is 1. The highest BCUT2D eigenvalue weighted by atomic mass is 19.3. The summed E-state index contributed by atoms with van der Waals surface area (Å²) in [5.41, 5.74) is 1.04. The normalized spacial score (nSPS) is 11.4. The quantitative estimate of drug-likeness (QED) is 0.681. The first-order valence-electron chi connectivity index (χ1n) is 3.95. The number of benzene rings is 1. The second-order valence-electron chi connectivity index (χ2n) is 3.09. The molecule has 3 heteroatoms. The average Bonchev–Trinajstić information content (AvgIpc) is 2.03. The maximum atomic E-state index is 12.7. The third kappa shape index (κ3) is 2.34. The molecule has 0 aliphatic carbocycles. The molecule has 1 aromatic carbocycles. The lowest BCUT2D eigenvalue weighted by Gasteiger charge is -2.10. The Morgan fingerprint density at radius 1 is 1.23 bits per heavy atom. The van der Waals surface area contributed by atoms with Crippen LogP contribution in [0.15, 0.2) is 24.3 Å². The summed E-state index contributed by atoms with van der Waals surface area (Å²) in [5.74, 6) is -2.80. The predicted octanol–water partition coefficient (Wildman–Crippen LogP) is 3.19. The predicted molar refractivity (Wildman–Crippen MR) is 48.5 cm³/mol. The Morgan fingerprint density at radius 3 is 2.00 bits per heavy atom. The van der Waals surface area contributed by atoms with Gasteiger partial charge in [0.25, 0.3) is 5.92 Å². The Labute approximate surface area is 75.9 Å². The Kier molecular flexibility index (Phi) is 2.45. The van der Waals surface area contributed by atoms with Gasteiger partial charge in [-0.1, -0.05) is 24.3 Å². The van der Waals surface area contributed by atoms with Crippen LogP contribution in [0.2, 0.25) is 0 Å². The topological polar surface area (TPSA) is 23.9 Å². The number of halogens is 2. The van der Waals surface area contributed by atoms with Gasteiger partial charge in [-0.3, -0.25) is 0 Å². The average molecular weight is 183 g/mol. The molecule has 0 radical (unpaired) electrons. The monoisotopic (exact) mass is 183 g/mol. The fraction of sp³-hybridized carbons (Fsp3) is 0.300. The highest BCUT2D eigenvalue weighted by Crippen LogP contribution is 2.26. The number of hydrogen-bond donors (Lipinski definition) is 1. The number of rotatable bonds is 2. The summed E-state index contributed by atoms with van der Waals surface area (Å²) in [7, 11) is 0. The van der Waals surface area contributed by atoms with Gasteiger partial charge in [0, 0.05) is 18.2 Å². The molecule has 70 valence electrons. The molecular weight excluding hydrogens is 172 g/mol. The van der Waals surface area contributed by atoms with E-state index in [1.54, 1.807) is 6.92 Å². The third-order valence-electron chi connectivity index (χ3n) is 1.82. The van der Waals surface area contributed by atoms with Crippen molar-refractivity contribution in [3.05, 3.63) is 35.4 Å². The fourth-order valence-corrected chi connectivity index (χ4v) is 1.01. The minimum absolute atomic E-state index is 0.0162. The zero-order valence-electron chi connectivity index (χ0n) is 7.57. The van der Waals surface area contributed by atoms with Crippen LogP contribution in [0.5, 0.6) is 0 Å². The lowest BCUT2D eigenvalue weighted by molar-refractivity contribution is 0.0175. The van der Waals surface area contributed by atoms with Gasteiger partial charge in [0.05, 0.1) is 0 Å². The van der Waals surface area contributed by atoms with Crippen LogP contribution < -0.4 is 0 Å². The molecule has 0 aliphatic heterocycles. The molecule has 1 aromatic rings. The molecule has 0 spiro atoms. The van der Waals surface area contributed by atoms with E-state index in [9.17, 15) is 8.78 Å². The van der Waals surface area contributed by atoms with Gasteiger partial charge in [0.1, 0.15) is 0 Å². The van der Waals surface area contributed by atoms with E-state index in [0.717, 1.165) is 6.92 Å². The van der Waals surface area contributed by atoms with Gasteiger partial charge in [-0.05, 0) is 12.5 Å². The summed E-state index contributed by atoms with van der Waals surface area (Å²) >= 11 is 0. The maximum Gasteiger partial charge on any atom is 0.270 e. The van der Waals surface area contributed by atoms with Crippen molar-refractivity contribution >= 4 is 5.71 Å². The molecule has 13 heavy (non-hydrogen) atoms. The van der Waals surface area contributed by atoms with Crippen LogP contribution in [-0.2, 0) is 5.92 Å². The van der Waals surface area contributed by atoms with Crippen LogP contribution in [0.4, 0.5) is 8.78 Å². The van der Waals surface area contributed by atoms with Crippen molar-refractivity contribution in [3.8, 4) is 0 Å². The van der Waals surface area contributed by atoms with Crippen LogP contribution in [0.1, 0.15) is 25.0 Å². The summed E-state index contributed by atoms with van der Waals surface area (Å²) in [6.45, 7) is 2.48. The second kappa shape index (κ2) is 3.24. The largest absolute Gasteiger partial charge is 0.305 e. The lowest BCUT2D eigenvalue weighted by atomic mass is 10.1. The maximum absolute atomic E-state index is 12.7. The lowest BCUT2D eigenvalue weighted by Crippen LogP contribution is -2.07. The Balaban J connectivity index is 3.01. The molecule has 0 saturated heterocycles. The molecule has 0 saturated carbocycles. The van der Waals surface area contributed by atoms with Crippen molar-refractivity contribution in [1.82, 2.24) is 0 Å². The summed E-state index contributed by atoms with van der Waals surface area (Å²) in [4.78, 5) is 0. The number of nitrogens with one attached hydrogen (secondary N) is 1. The second-order valence-corrected chi connectivity index (χ2v) is 3.09. The molecule has 1 rings (SSSR count). The van der Waals surface area contributed by atoms with E-state index in [-0.39, 0.29) is 5.56 Å². The molecule has 0 atom stereocenters. The molecule has 0 aromatic heterocycles. The van der Waals surface area contributed by atoms with Gasteiger partial charge in [-0.15, -0.1) is 0 Å². The molecule has 0 heterocycles. The first-order valence-corrected chi connectivity index (χ1v) is 3.95. The van der Waals surface area contributed by atoms with Crippen molar-refractivity contribution in [1.29, 1.82) is 5.41 Å². The van der Waals surface area contributed by atoms with E-state index < -0.39 is 5.92 Å². The zero-order chi connectivity index (χ0) is 10.1. The molecule has 0 unspecified atom stereocenters. The van der Waals surface area contributed by atoms with Crippen LogP contribution in [0.25, 0.3) is 0 Å². The van der Waals surface area contributed by atoms with Gasteiger partial charge in [0.2, 0.25) is 0 Å². The SMILES string of the molecule is CC(=N)c1ccc(C(C)(F)F)cc1. The molecule has 1 nitrogen and oxygen atoms in total. The molecular formula is C10H11F2N. The van der Waals surface area contributed by atoms with Gasteiger partial charge in [0.15, 0.2) is 0 Å². The van der Waals surface area contributed by atoms with Gasteiger partial charge in [-0.2, -0.15) is 0 Å². The van der Waals surface area contributed by atoms with E-state index in [2.05, 4.69) is 0 Å². The van der Waals surface area contributed by atoms with Crippen LogP contribution in [0.3, 0.4) is 0 Å². The van der Waals surface area contributed by atoms with Crippen LogP contribution >= 0.6 is 0 Å². The van der Waals surface area contributed by atoms with Crippen molar-refractivity contribution in [2.45, 2.75) is 19.8 Å². The summed E-state index contributed by atoms with van der Waals surface area (Å²) in [5, 5.41) is 7.27. The molecule has 1 N–H and O–H groups in total. The van der Waals surface area contributed by atoms with Gasteiger partial charge in [-0.25, -0.2) is 8.78 Å². The van der Waals surface area contributed by atoms with Crippen molar-refractivity contribution in [2.24, 2.45) is 0 Å². The highest BCUT2D eigenvalue weighted by molar-refractivity contribution is 5.96. The van der Waals surface area contributed by atoms with Crippen molar-refractivity contribution < 1.29 is 8.78 Å². The fourth-order valence-electron chi connectivity index (χ4n) is 1.01. The van der Waals surface area contributed by atoms with Gasteiger partial charge < -0.3 is 5.41 Å². The zero-order valence-corrected chi connectivity index (χ0v) is 7.57. The first-order chi connectivity index (χ1) is 5.91. The Bertz CT molecular complexity index is 309. The standard InChI is InChI=1S/C10H11F2N/c1-7(13)8-3-5-9(6-4-8)10(2,11)12/h3-6,13H,1-2H3. The van der Waals surface area contributed by atoms with E-state index in [1.807, 2.05) is 0 Å². The van der Waals surface area contributed by atoms with E-state index in [4.69, 9.17) is 5.41 Å². The van der Waals surface area contributed by atoms with Gasteiger partial charge >= 0.3 is 0 Å². The smallest absolute Gasteiger partial charge is 0.270 e. The Morgan fingerprint density at radius 2 is 1.69 bits per heavy atom. The minimum Gasteiger partial charge on any atom is -0.305 e. The summed E-state index contributed by atoms with van der Waals surface area (Å²) in [6, 6.07) is 5.78. The summed E-state index contributed by atoms with van der Waals surface area (Å²) < 4.78 is 25.5. The summed E-state index contributed by atoms with van der Waals surface area (Å²) in [6.07, 6.45) is 0. The third-order valence-corrected chi connectivity index (χ3v) is 1.82. The first kappa shape index (κ1) is 9.84. The van der Waals surface area contributed by atoms with E-state index >= 15 is 0 Å². The molecule has 0 aliphatic rings. The van der Waals surface area contributed by atoms with Crippen molar-refractivity contribution in [2.75, 3.05) is 0 Å². The molecule has 0 amide bonds. The van der Waals surface area contributed by atoms with E-state index in [0.29, 0.717) is 11.3 Å². The highest BCUT2D eigenvalue weighted by Gasteiger charge is 2.23. The molecule has 0 bridgehead atoms. The minimum atomic E-state index is -2.80. The molecule has 0 fully saturated rings. The van der Waals surface area contributed by atoms with E-state index in [1.165, 1.54) is 24.3 Å². The van der Waals surface area contributed by atoms with Crippen molar-refractivity contribution in [3.63, 3.8) is 0 Å².